The van der Waals surface area contributed by atoms with Crippen molar-refractivity contribution in [1.29, 1.82) is 0 Å². The molecule has 2 aromatic carbocycles. The van der Waals surface area contributed by atoms with Gasteiger partial charge in [0.25, 0.3) is 5.91 Å². The van der Waals surface area contributed by atoms with Crippen LogP contribution in [0.4, 0.5) is 14.5 Å². The summed E-state index contributed by atoms with van der Waals surface area (Å²) in [7, 11) is 1.53. The zero-order chi connectivity index (χ0) is 20.5. The molecule has 0 bridgehead atoms. The van der Waals surface area contributed by atoms with Gasteiger partial charge in [-0.25, -0.2) is 18.3 Å². The Morgan fingerprint density at radius 3 is 2.59 bits per heavy atom. The van der Waals surface area contributed by atoms with Crippen molar-refractivity contribution in [2.45, 2.75) is 6.92 Å². The summed E-state index contributed by atoms with van der Waals surface area (Å²) in [6.07, 6.45) is 1.73. The lowest BCUT2D eigenvalue weighted by Crippen LogP contribution is -2.16. The van der Waals surface area contributed by atoms with Gasteiger partial charge < -0.3 is 10.1 Å². The average Bonchev–Trinajstić information content (AvgIpc) is 3.12. The van der Waals surface area contributed by atoms with E-state index in [1.54, 1.807) is 41.9 Å². The third-order valence-corrected chi connectivity index (χ3v) is 4.48. The van der Waals surface area contributed by atoms with Crippen molar-refractivity contribution in [2.24, 2.45) is 0 Å². The molecule has 0 spiro atoms. The van der Waals surface area contributed by atoms with E-state index in [9.17, 15) is 13.6 Å². The lowest BCUT2D eigenvalue weighted by atomic mass is 10.1. The molecular weight excluding hydrogens is 378 g/mol. The summed E-state index contributed by atoms with van der Waals surface area (Å²) in [5, 5.41) is 6.85. The number of rotatable bonds is 4. The lowest BCUT2D eigenvalue weighted by molar-refractivity contribution is 0.101. The van der Waals surface area contributed by atoms with Crippen molar-refractivity contribution in [3.05, 3.63) is 77.5 Å². The minimum absolute atomic E-state index is 0.428. The number of hydrogen-bond acceptors (Lipinski definition) is 4. The van der Waals surface area contributed by atoms with E-state index < -0.39 is 23.1 Å². The van der Waals surface area contributed by atoms with Crippen LogP contribution >= 0.6 is 0 Å². The standard InChI is InChI=1S/C21H16F2N4O2/c1-12-6-7-13(17-11-27-18(24-17)8-9-19(26-27)29-2)10-16(12)25-21(28)20-14(22)4-3-5-15(20)23/h3-11H,1-2H3,(H,25,28). The van der Waals surface area contributed by atoms with Crippen LogP contribution in [0.5, 0.6) is 5.88 Å². The largest absolute Gasteiger partial charge is 0.480 e. The fraction of sp³-hybridized carbons (Fsp3) is 0.0952. The minimum Gasteiger partial charge on any atom is -0.480 e. The number of nitrogens with one attached hydrogen (secondary N) is 1. The van der Waals surface area contributed by atoms with Crippen molar-refractivity contribution >= 4 is 17.2 Å². The van der Waals surface area contributed by atoms with Crippen LogP contribution in [0.1, 0.15) is 15.9 Å². The predicted molar refractivity (Wildman–Crippen MR) is 104 cm³/mol. The number of fused-ring (bicyclic) bond motifs is 1. The number of hydrogen-bond donors (Lipinski definition) is 1. The Morgan fingerprint density at radius 1 is 1.10 bits per heavy atom. The minimum atomic E-state index is -0.920. The number of imidazole rings is 1. The van der Waals surface area contributed by atoms with Crippen LogP contribution in [-0.2, 0) is 0 Å². The molecule has 0 saturated carbocycles. The van der Waals surface area contributed by atoms with Crippen molar-refractivity contribution in [3.8, 4) is 17.1 Å². The van der Waals surface area contributed by atoms with E-state index >= 15 is 0 Å². The molecule has 0 aliphatic rings. The van der Waals surface area contributed by atoms with Crippen LogP contribution in [0.3, 0.4) is 0 Å². The topological polar surface area (TPSA) is 68.5 Å². The van der Waals surface area contributed by atoms with Crippen LogP contribution in [0.2, 0.25) is 0 Å². The summed E-state index contributed by atoms with van der Waals surface area (Å²) in [5.41, 5.74) is 2.50. The second-order valence-corrected chi connectivity index (χ2v) is 6.39. The summed E-state index contributed by atoms with van der Waals surface area (Å²) in [6.45, 7) is 1.78. The molecule has 2 aromatic heterocycles. The maximum atomic E-state index is 13.9. The number of aromatic nitrogens is 3. The normalized spacial score (nSPS) is 10.9. The van der Waals surface area contributed by atoms with Gasteiger partial charge in [0.05, 0.1) is 19.0 Å². The number of aryl methyl sites for hydroxylation is 1. The Bertz CT molecular complexity index is 1220. The Hall–Kier alpha value is -3.81. The lowest BCUT2D eigenvalue weighted by Gasteiger charge is -2.11. The number of anilines is 1. The van der Waals surface area contributed by atoms with Gasteiger partial charge in [-0.1, -0.05) is 18.2 Å². The van der Waals surface area contributed by atoms with Gasteiger partial charge in [-0.15, -0.1) is 5.10 Å². The highest BCUT2D eigenvalue weighted by Gasteiger charge is 2.18. The molecule has 6 nitrogen and oxygen atoms in total. The van der Waals surface area contributed by atoms with E-state index in [4.69, 9.17) is 4.74 Å². The molecule has 1 N–H and O–H groups in total. The monoisotopic (exact) mass is 394 g/mol. The van der Waals surface area contributed by atoms with Gasteiger partial charge >= 0.3 is 0 Å². The first kappa shape index (κ1) is 18.5. The fourth-order valence-corrected chi connectivity index (χ4v) is 2.93. The van der Waals surface area contributed by atoms with Crippen molar-refractivity contribution in [1.82, 2.24) is 14.6 Å². The van der Waals surface area contributed by atoms with Crippen LogP contribution in [0.15, 0.2) is 54.7 Å². The van der Waals surface area contributed by atoms with Gasteiger partial charge in [-0.2, -0.15) is 0 Å². The zero-order valence-corrected chi connectivity index (χ0v) is 15.6. The van der Waals surface area contributed by atoms with Crippen LogP contribution in [0, 0.1) is 18.6 Å². The van der Waals surface area contributed by atoms with E-state index in [2.05, 4.69) is 15.4 Å². The fourth-order valence-electron chi connectivity index (χ4n) is 2.93. The SMILES string of the molecule is COc1ccc2nc(-c3ccc(C)c(NC(=O)c4c(F)cccc4F)c3)cn2n1. The molecule has 29 heavy (non-hydrogen) atoms. The summed E-state index contributed by atoms with van der Waals surface area (Å²) in [4.78, 5) is 16.9. The molecular formula is C21H16F2N4O2. The molecule has 0 radical (unpaired) electrons. The first-order valence-electron chi connectivity index (χ1n) is 8.73. The Balaban J connectivity index is 1.68. The van der Waals surface area contributed by atoms with Gasteiger partial charge in [-0.05, 0) is 36.8 Å². The van der Waals surface area contributed by atoms with E-state index in [0.29, 0.717) is 28.5 Å². The van der Waals surface area contributed by atoms with Crippen molar-refractivity contribution in [2.75, 3.05) is 12.4 Å². The summed E-state index contributed by atoms with van der Waals surface area (Å²) in [6, 6.07) is 12.1. The van der Waals surface area contributed by atoms with Crippen LogP contribution in [0.25, 0.3) is 16.9 Å². The Labute approximate surface area is 164 Å². The molecule has 0 aliphatic carbocycles. The number of benzene rings is 2. The van der Waals surface area contributed by atoms with E-state index in [1.165, 1.54) is 13.2 Å². The predicted octanol–water partition coefficient (Wildman–Crippen LogP) is 4.24. The van der Waals surface area contributed by atoms with Crippen LogP contribution < -0.4 is 10.1 Å². The van der Waals surface area contributed by atoms with Crippen molar-refractivity contribution in [3.63, 3.8) is 0 Å². The second kappa shape index (κ2) is 7.31. The molecule has 8 heteroatoms. The highest BCUT2D eigenvalue weighted by molar-refractivity contribution is 6.05. The Morgan fingerprint density at radius 2 is 1.86 bits per heavy atom. The average molecular weight is 394 g/mol. The molecule has 146 valence electrons. The summed E-state index contributed by atoms with van der Waals surface area (Å²) in [5.74, 6) is -2.25. The number of amides is 1. The van der Waals surface area contributed by atoms with Gasteiger partial charge in [0, 0.05) is 17.3 Å². The number of methoxy groups -OCH3 is 1. The molecule has 4 rings (SSSR count). The summed E-state index contributed by atoms with van der Waals surface area (Å²) < 4.78 is 34.5. The molecule has 0 saturated heterocycles. The highest BCUT2D eigenvalue weighted by Crippen LogP contribution is 2.26. The van der Waals surface area contributed by atoms with Gasteiger partial charge in [0.1, 0.15) is 17.2 Å². The van der Waals surface area contributed by atoms with Gasteiger partial charge in [0.15, 0.2) is 5.65 Å². The van der Waals surface area contributed by atoms with Crippen LogP contribution in [-0.4, -0.2) is 27.6 Å². The summed E-state index contributed by atoms with van der Waals surface area (Å²) >= 11 is 0. The third-order valence-electron chi connectivity index (χ3n) is 4.48. The molecule has 0 fully saturated rings. The van der Waals surface area contributed by atoms with E-state index in [1.807, 2.05) is 6.07 Å². The third kappa shape index (κ3) is 3.52. The number of nitrogens with zero attached hydrogens (tertiary/aromatic N) is 3. The maximum Gasteiger partial charge on any atom is 0.261 e. The highest BCUT2D eigenvalue weighted by atomic mass is 19.1. The quantitative estimate of drug-likeness (QED) is 0.562. The number of carbonyl (C=O) groups excluding carboxylic acids is 1. The van der Waals surface area contributed by atoms with E-state index in [0.717, 1.165) is 17.7 Å². The van der Waals surface area contributed by atoms with Crippen molar-refractivity contribution < 1.29 is 18.3 Å². The first-order chi connectivity index (χ1) is 14.0. The molecule has 1 amide bonds. The Kier molecular flexibility index (Phi) is 4.67. The van der Waals surface area contributed by atoms with Gasteiger partial charge in [0.2, 0.25) is 5.88 Å². The second-order valence-electron chi connectivity index (χ2n) is 6.39. The zero-order valence-electron chi connectivity index (χ0n) is 15.6. The van der Waals surface area contributed by atoms with Gasteiger partial charge in [-0.3, -0.25) is 4.79 Å². The maximum absolute atomic E-state index is 13.9. The number of ether oxygens (including phenoxy) is 1. The molecule has 0 atom stereocenters. The van der Waals surface area contributed by atoms with E-state index in [-0.39, 0.29) is 0 Å². The molecule has 2 heterocycles. The molecule has 4 aromatic rings. The number of halogens is 2. The smallest absolute Gasteiger partial charge is 0.261 e. The first-order valence-corrected chi connectivity index (χ1v) is 8.73. The number of carbonyl (C=O) groups is 1. The molecule has 0 unspecified atom stereocenters. The molecule has 0 aliphatic heterocycles.